The third-order valence-electron chi connectivity index (χ3n) is 4.64. The van der Waals surface area contributed by atoms with Crippen LogP contribution in [-0.2, 0) is 10.5 Å². The minimum Gasteiger partial charge on any atom is -0.378 e. The van der Waals surface area contributed by atoms with Gasteiger partial charge in [0, 0.05) is 34.3 Å². The highest BCUT2D eigenvalue weighted by molar-refractivity contribution is 7.98. The summed E-state index contributed by atoms with van der Waals surface area (Å²) in [5.41, 5.74) is 1.58. The van der Waals surface area contributed by atoms with E-state index < -0.39 is 0 Å². The lowest BCUT2D eigenvalue weighted by Crippen LogP contribution is -2.36. The molecule has 1 N–H and O–H groups in total. The van der Waals surface area contributed by atoms with Crippen molar-refractivity contribution in [3.05, 3.63) is 76.2 Å². The predicted molar refractivity (Wildman–Crippen MR) is 118 cm³/mol. The summed E-state index contributed by atoms with van der Waals surface area (Å²) in [6, 6.07) is 16.4. The van der Waals surface area contributed by atoms with Crippen molar-refractivity contribution in [2.45, 2.75) is 10.6 Å². The Morgan fingerprint density at radius 3 is 2.72 bits per heavy atom. The molecule has 0 spiro atoms. The molecule has 1 fully saturated rings. The van der Waals surface area contributed by atoms with Gasteiger partial charge in [-0.1, -0.05) is 18.2 Å². The van der Waals surface area contributed by atoms with Crippen molar-refractivity contribution < 1.29 is 13.9 Å². The summed E-state index contributed by atoms with van der Waals surface area (Å²) in [6.07, 6.45) is 0. The first kappa shape index (κ1) is 19.9. The maximum atomic E-state index is 14.6. The lowest BCUT2D eigenvalue weighted by molar-refractivity contribution is 0.102. The van der Waals surface area contributed by atoms with Gasteiger partial charge in [0.15, 0.2) is 0 Å². The lowest BCUT2D eigenvalue weighted by Gasteiger charge is -2.29. The van der Waals surface area contributed by atoms with Crippen LogP contribution < -0.4 is 10.2 Å². The van der Waals surface area contributed by atoms with Crippen LogP contribution in [0.2, 0.25) is 0 Å². The van der Waals surface area contributed by atoms with E-state index in [2.05, 4.69) is 11.4 Å². The summed E-state index contributed by atoms with van der Waals surface area (Å²) in [5, 5.41) is 4.88. The van der Waals surface area contributed by atoms with Gasteiger partial charge in [-0.25, -0.2) is 4.39 Å². The molecule has 1 aliphatic heterocycles. The number of carbonyl (C=O) groups is 1. The molecular weight excluding hydrogens is 407 g/mol. The maximum Gasteiger partial charge on any atom is 0.256 e. The van der Waals surface area contributed by atoms with E-state index >= 15 is 0 Å². The Balaban J connectivity index is 1.46. The summed E-state index contributed by atoms with van der Waals surface area (Å²) in [4.78, 5) is 16.9. The fourth-order valence-electron chi connectivity index (χ4n) is 3.17. The molecule has 0 radical (unpaired) electrons. The molecule has 2 aromatic carbocycles. The first-order chi connectivity index (χ1) is 14.2. The molecule has 1 amide bonds. The summed E-state index contributed by atoms with van der Waals surface area (Å²) >= 11 is 3.32. The SMILES string of the molecule is O=C(Nc1ccc(N2CCOCC2)c(F)c1)c1ccccc1SCc1cccs1. The van der Waals surface area contributed by atoms with Gasteiger partial charge in [-0.3, -0.25) is 4.79 Å². The van der Waals surface area contributed by atoms with E-state index in [0.29, 0.717) is 43.2 Å². The highest BCUT2D eigenvalue weighted by atomic mass is 32.2. The van der Waals surface area contributed by atoms with E-state index in [0.717, 1.165) is 10.6 Å². The Kier molecular flexibility index (Phi) is 6.49. The van der Waals surface area contributed by atoms with Crippen LogP contribution in [0.3, 0.4) is 0 Å². The van der Waals surface area contributed by atoms with Gasteiger partial charge in [-0.05, 0) is 41.8 Å². The first-order valence-corrected chi connectivity index (χ1v) is 11.2. The van der Waals surface area contributed by atoms with E-state index in [1.165, 1.54) is 10.9 Å². The summed E-state index contributed by atoms with van der Waals surface area (Å²) < 4.78 is 19.9. The number of anilines is 2. The Morgan fingerprint density at radius 2 is 1.97 bits per heavy atom. The van der Waals surface area contributed by atoms with Crippen molar-refractivity contribution in [1.82, 2.24) is 0 Å². The average molecular weight is 429 g/mol. The molecule has 1 aliphatic rings. The number of nitrogens with one attached hydrogen (secondary N) is 1. The van der Waals surface area contributed by atoms with Gasteiger partial charge in [0.2, 0.25) is 0 Å². The van der Waals surface area contributed by atoms with Gasteiger partial charge >= 0.3 is 0 Å². The number of nitrogens with zero attached hydrogens (tertiary/aromatic N) is 1. The van der Waals surface area contributed by atoms with Gasteiger partial charge in [-0.15, -0.1) is 23.1 Å². The molecular formula is C22H21FN2O2S2. The Hall–Kier alpha value is -2.35. The molecule has 4 rings (SSSR count). The number of thioether (sulfide) groups is 1. The van der Waals surface area contributed by atoms with Crippen LogP contribution in [0.25, 0.3) is 0 Å². The maximum absolute atomic E-state index is 14.6. The number of rotatable bonds is 6. The molecule has 1 saturated heterocycles. The van der Waals surface area contributed by atoms with Gasteiger partial charge in [0.05, 0.1) is 24.5 Å². The van der Waals surface area contributed by atoms with Crippen LogP contribution >= 0.6 is 23.1 Å². The van der Waals surface area contributed by atoms with Gasteiger partial charge in [-0.2, -0.15) is 0 Å². The molecule has 7 heteroatoms. The van der Waals surface area contributed by atoms with Crippen molar-refractivity contribution in [2.24, 2.45) is 0 Å². The number of ether oxygens (including phenoxy) is 1. The molecule has 0 atom stereocenters. The summed E-state index contributed by atoms with van der Waals surface area (Å²) in [7, 11) is 0. The summed E-state index contributed by atoms with van der Waals surface area (Å²) in [5.74, 6) is 0.230. The molecule has 29 heavy (non-hydrogen) atoms. The second-order valence-corrected chi connectivity index (χ2v) is 8.63. The summed E-state index contributed by atoms with van der Waals surface area (Å²) in [6.45, 7) is 2.52. The minimum atomic E-state index is -0.343. The lowest BCUT2D eigenvalue weighted by atomic mass is 10.2. The molecule has 0 bridgehead atoms. The molecule has 0 aliphatic carbocycles. The number of halogens is 1. The Morgan fingerprint density at radius 1 is 1.14 bits per heavy atom. The second kappa shape index (κ2) is 9.43. The van der Waals surface area contributed by atoms with E-state index in [9.17, 15) is 9.18 Å². The normalized spacial score (nSPS) is 14.0. The number of morpholine rings is 1. The Bertz CT molecular complexity index is 973. The standard InChI is InChI=1S/C22H21FN2O2S2/c23-19-14-16(7-8-20(19)25-9-11-27-12-10-25)24-22(26)18-5-1-2-6-21(18)29-15-17-4-3-13-28-17/h1-8,13-14H,9-12,15H2,(H,24,26). The van der Waals surface area contributed by atoms with Crippen LogP contribution in [-0.4, -0.2) is 32.2 Å². The van der Waals surface area contributed by atoms with Crippen LogP contribution in [0.5, 0.6) is 0 Å². The van der Waals surface area contributed by atoms with Crippen LogP contribution in [0.1, 0.15) is 15.2 Å². The number of hydrogen-bond acceptors (Lipinski definition) is 5. The van der Waals surface area contributed by atoms with Gasteiger partial charge in [0.1, 0.15) is 5.82 Å². The molecule has 4 nitrogen and oxygen atoms in total. The predicted octanol–water partition coefficient (Wildman–Crippen LogP) is 5.27. The molecule has 3 aromatic rings. The number of hydrogen-bond donors (Lipinski definition) is 1. The highest BCUT2D eigenvalue weighted by Crippen LogP contribution is 2.29. The van der Waals surface area contributed by atoms with Crippen LogP contribution in [0, 0.1) is 5.82 Å². The third-order valence-corrected chi connectivity index (χ3v) is 6.82. The van der Waals surface area contributed by atoms with Crippen LogP contribution in [0.4, 0.5) is 15.8 Å². The van der Waals surface area contributed by atoms with Crippen molar-refractivity contribution in [3.8, 4) is 0 Å². The van der Waals surface area contributed by atoms with Crippen molar-refractivity contribution >= 4 is 40.4 Å². The van der Waals surface area contributed by atoms with E-state index in [-0.39, 0.29) is 11.7 Å². The highest BCUT2D eigenvalue weighted by Gasteiger charge is 2.17. The van der Waals surface area contributed by atoms with Crippen molar-refractivity contribution in [3.63, 3.8) is 0 Å². The smallest absolute Gasteiger partial charge is 0.256 e. The third kappa shape index (κ3) is 4.98. The molecule has 1 aromatic heterocycles. The fourth-order valence-corrected chi connectivity index (χ4v) is 4.99. The molecule has 150 valence electrons. The van der Waals surface area contributed by atoms with Crippen molar-refractivity contribution in [2.75, 3.05) is 36.5 Å². The number of carbonyl (C=O) groups excluding carboxylic acids is 1. The largest absolute Gasteiger partial charge is 0.378 e. The minimum absolute atomic E-state index is 0.238. The zero-order valence-corrected chi connectivity index (χ0v) is 17.4. The Labute approximate surface area is 177 Å². The zero-order valence-electron chi connectivity index (χ0n) is 15.8. The zero-order chi connectivity index (χ0) is 20.1. The first-order valence-electron chi connectivity index (χ1n) is 9.38. The number of benzene rings is 2. The van der Waals surface area contributed by atoms with E-state index in [1.54, 1.807) is 41.3 Å². The molecule has 2 heterocycles. The monoisotopic (exact) mass is 428 g/mol. The quantitative estimate of drug-likeness (QED) is 0.543. The topological polar surface area (TPSA) is 41.6 Å². The second-order valence-electron chi connectivity index (χ2n) is 6.58. The number of amides is 1. The van der Waals surface area contributed by atoms with Crippen LogP contribution in [0.15, 0.2) is 64.9 Å². The van der Waals surface area contributed by atoms with Crippen molar-refractivity contribution in [1.29, 1.82) is 0 Å². The van der Waals surface area contributed by atoms with Gasteiger partial charge < -0.3 is 15.0 Å². The molecule has 0 unspecified atom stereocenters. The van der Waals surface area contributed by atoms with E-state index in [4.69, 9.17) is 4.74 Å². The fraction of sp³-hybridized carbons (Fsp3) is 0.227. The molecule has 0 saturated carbocycles. The van der Waals surface area contributed by atoms with E-state index in [1.807, 2.05) is 34.5 Å². The number of thiophene rings is 1. The van der Waals surface area contributed by atoms with Gasteiger partial charge in [0.25, 0.3) is 5.91 Å². The average Bonchev–Trinajstić information content (AvgIpc) is 3.27.